The zero-order valence-corrected chi connectivity index (χ0v) is 15.8. The monoisotopic (exact) mass is 365 g/mol. The summed E-state index contributed by atoms with van der Waals surface area (Å²) < 4.78 is 0. The Morgan fingerprint density at radius 2 is 1.76 bits per heavy atom. The van der Waals surface area contributed by atoms with Crippen LogP contribution in [0.4, 0.5) is 9.93 Å². The third kappa shape index (κ3) is 4.48. The Balaban J connectivity index is 1.50. The molecule has 1 saturated carbocycles. The van der Waals surface area contributed by atoms with E-state index in [0.29, 0.717) is 37.0 Å². The van der Waals surface area contributed by atoms with Crippen molar-refractivity contribution >= 4 is 28.4 Å². The van der Waals surface area contributed by atoms with Crippen LogP contribution in [0, 0.1) is 5.92 Å². The molecule has 1 N–H and O–H groups in total. The molecule has 0 bridgehead atoms. The maximum atomic E-state index is 12.5. The number of urea groups is 1. The van der Waals surface area contributed by atoms with Crippen LogP contribution in [0.15, 0.2) is 0 Å². The van der Waals surface area contributed by atoms with Crippen LogP contribution in [-0.2, 0) is 4.79 Å². The first-order chi connectivity index (χ1) is 12.0. The molecule has 7 nitrogen and oxygen atoms in total. The largest absolute Gasteiger partial charge is 0.331 e. The predicted molar refractivity (Wildman–Crippen MR) is 97.7 cm³/mol. The SMILES string of the molecule is CN(C)C(=O)N1CCC(C(=O)Nc2nnc(C3CCCCC3)s2)CC1. The maximum Gasteiger partial charge on any atom is 0.319 e. The van der Waals surface area contributed by atoms with E-state index in [1.807, 2.05) is 0 Å². The van der Waals surface area contributed by atoms with Crippen molar-refractivity contribution < 1.29 is 9.59 Å². The number of hydrogen-bond acceptors (Lipinski definition) is 5. The number of carbonyl (C=O) groups excluding carboxylic acids is 2. The Morgan fingerprint density at radius 1 is 1.08 bits per heavy atom. The standard InChI is InChI=1S/C17H27N5O2S/c1-21(2)17(24)22-10-8-12(9-11-22)14(23)18-16-20-19-15(25-16)13-6-4-3-5-7-13/h12-13H,3-11H2,1-2H3,(H,18,20,23). The molecule has 2 aliphatic rings. The van der Waals surface area contributed by atoms with Crippen molar-refractivity contribution in [1.29, 1.82) is 0 Å². The lowest BCUT2D eigenvalue weighted by molar-refractivity contribution is -0.121. The number of piperidine rings is 1. The first kappa shape index (κ1) is 18.1. The minimum absolute atomic E-state index is 0.00305. The van der Waals surface area contributed by atoms with Crippen LogP contribution in [0.5, 0.6) is 0 Å². The number of nitrogens with one attached hydrogen (secondary N) is 1. The van der Waals surface area contributed by atoms with E-state index in [1.54, 1.807) is 23.9 Å². The van der Waals surface area contributed by atoms with Crippen LogP contribution in [0.3, 0.4) is 0 Å². The average Bonchev–Trinajstić information content (AvgIpc) is 3.10. The lowest BCUT2D eigenvalue weighted by atomic mass is 9.90. The van der Waals surface area contributed by atoms with E-state index in [1.165, 1.54) is 43.4 Å². The van der Waals surface area contributed by atoms with E-state index in [-0.39, 0.29) is 17.9 Å². The van der Waals surface area contributed by atoms with Gasteiger partial charge in [0, 0.05) is 39.0 Å². The van der Waals surface area contributed by atoms with Gasteiger partial charge in [-0.25, -0.2) is 4.79 Å². The minimum Gasteiger partial charge on any atom is -0.331 e. The number of hydrogen-bond donors (Lipinski definition) is 1. The molecule has 0 aromatic carbocycles. The van der Waals surface area contributed by atoms with Gasteiger partial charge in [-0.05, 0) is 25.7 Å². The van der Waals surface area contributed by atoms with E-state index < -0.39 is 0 Å². The fraction of sp³-hybridized carbons (Fsp3) is 0.765. The van der Waals surface area contributed by atoms with Gasteiger partial charge in [0.05, 0.1) is 0 Å². The second kappa shape index (κ2) is 8.12. The van der Waals surface area contributed by atoms with Gasteiger partial charge in [0.15, 0.2) is 0 Å². The molecule has 25 heavy (non-hydrogen) atoms. The van der Waals surface area contributed by atoms with Crippen LogP contribution < -0.4 is 5.32 Å². The number of rotatable bonds is 3. The Kier molecular flexibility index (Phi) is 5.88. The molecule has 1 saturated heterocycles. The number of carbonyl (C=O) groups is 2. The quantitative estimate of drug-likeness (QED) is 0.893. The van der Waals surface area contributed by atoms with Gasteiger partial charge in [-0.15, -0.1) is 10.2 Å². The Hall–Kier alpha value is -1.70. The van der Waals surface area contributed by atoms with Gasteiger partial charge in [-0.3, -0.25) is 4.79 Å². The summed E-state index contributed by atoms with van der Waals surface area (Å²) in [4.78, 5) is 27.8. The Bertz CT molecular complexity index is 604. The zero-order valence-electron chi connectivity index (χ0n) is 15.0. The smallest absolute Gasteiger partial charge is 0.319 e. The summed E-state index contributed by atoms with van der Waals surface area (Å²) in [5.74, 6) is 0.453. The van der Waals surface area contributed by atoms with Crippen molar-refractivity contribution in [2.24, 2.45) is 5.92 Å². The Morgan fingerprint density at radius 3 is 2.40 bits per heavy atom. The van der Waals surface area contributed by atoms with Crippen molar-refractivity contribution in [1.82, 2.24) is 20.0 Å². The summed E-state index contributed by atoms with van der Waals surface area (Å²) in [7, 11) is 3.50. The van der Waals surface area contributed by atoms with Gasteiger partial charge >= 0.3 is 6.03 Å². The van der Waals surface area contributed by atoms with Gasteiger partial charge < -0.3 is 15.1 Å². The first-order valence-corrected chi connectivity index (χ1v) is 9.96. The van der Waals surface area contributed by atoms with Crippen molar-refractivity contribution in [3.05, 3.63) is 5.01 Å². The molecular formula is C17H27N5O2S. The van der Waals surface area contributed by atoms with E-state index in [9.17, 15) is 9.59 Å². The highest BCUT2D eigenvalue weighted by atomic mass is 32.1. The summed E-state index contributed by atoms with van der Waals surface area (Å²) in [6.45, 7) is 1.25. The molecule has 2 fully saturated rings. The number of amides is 3. The van der Waals surface area contributed by atoms with Crippen molar-refractivity contribution in [3.8, 4) is 0 Å². The average molecular weight is 366 g/mol. The molecule has 0 unspecified atom stereocenters. The summed E-state index contributed by atoms with van der Waals surface area (Å²) in [6, 6.07) is 0.0140. The molecule has 0 radical (unpaired) electrons. The number of anilines is 1. The normalized spacial score (nSPS) is 19.7. The molecule has 0 atom stereocenters. The molecular weight excluding hydrogens is 338 g/mol. The lowest BCUT2D eigenvalue weighted by Gasteiger charge is -2.32. The molecule has 1 aromatic rings. The minimum atomic E-state index is -0.0618. The number of aromatic nitrogens is 2. The molecule has 2 heterocycles. The first-order valence-electron chi connectivity index (χ1n) is 9.15. The molecule has 1 aromatic heterocycles. The molecule has 1 aliphatic heterocycles. The van der Waals surface area contributed by atoms with Gasteiger partial charge in [-0.1, -0.05) is 30.6 Å². The third-order valence-electron chi connectivity index (χ3n) is 5.14. The van der Waals surface area contributed by atoms with Crippen molar-refractivity contribution in [3.63, 3.8) is 0 Å². The van der Waals surface area contributed by atoms with Crippen LogP contribution in [-0.4, -0.2) is 59.1 Å². The summed E-state index contributed by atoms with van der Waals surface area (Å²) in [5, 5.41) is 13.0. The summed E-state index contributed by atoms with van der Waals surface area (Å²) in [6.07, 6.45) is 7.58. The second-order valence-electron chi connectivity index (χ2n) is 7.21. The molecule has 8 heteroatoms. The molecule has 138 valence electrons. The summed E-state index contributed by atoms with van der Waals surface area (Å²) in [5.41, 5.74) is 0. The molecule has 3 rings (SSSR count). The van der Waals surface area contributed by atoms with Crippen molar-refractivity contribution in [2.75, 3.05) is 32.5 Å². The van der Waals surface area contributed by atoms with Crippen LogP contribution >= 0.6 is 11.3 Å². The van der Waals surface area contributed by atoms with Crippen molar-refractivity contribution in [2.45, 2.75) is 50.9 Å². The van der Waals surface area contributed by atoms with E-state index >= 15 is 0 Å². The van der Waals surface area contributed by atoms with Gasteiger partial charge in [0.2, 0.25) is 11.0 Å². The fourth-order valence-electron chi connectivity index (χ4n) is 3.62. The highest BCUT2D eigenvalue weighted by Gasteiger charge is 2.29. The molecule has 1 aliphatic carbocycles. The Labute approximate surface area is 152 Å². The summed E-state index contributed by atoms with van der Waals surface area (Å²) >= 11 is 1.52. The van der Waals surface area contributed by atoms with Crippen LogP contribution in [0.1, 0.15) is 55.9 Å². The maximum absolute atomic E-state index is 12.5. The molecule has 3 amide bonds. The predicted octanol–water partition coefficient (Wildman–Crippen LogP) is 2.92. The second-order valence-corrected chi connectivity index (χ2v) is 8.22. The fourth-order valence-corrected chi connectivity index (χ4v) is 4.54. The van der Waals surface area contributed by atoms with E-state index in [2.05, 4.69) is 15.5 Å². The third-order valence-corrected chi connectivity index (χ3v) is 6.15. The zero-order chi connectivity index (χ0) is 17.8. The van der Waals surface area contributed by atoms with E-state index in [0.717, 1.165) is 5.01 Å². The van der Waals surface area contributed by atoms with Crippen LogP contribution in [0.25, 0.3) is 0 Å². The lowest BCUT2D eigenvalue weighted by Crippen LogP contribution is -2.45. The highest BCUT2D eigenvalue weighted by Crippen LogP contribution is 2.35. The van der Waals surface area contributed by atoms with Gasteiger partial charge in [-0.2, -0.15) is 0 Å². The number of nitrogens with zero attached hydrogens (tertiary/aromatic N) is 4. The molecule has 0 spiro atoms. The highest BCUT2D eigenvalue weighted by molar-refractivity contribution is 7.15. The number of likely N-dealkylation sites (tertiary alicyclic amines) is 1. The topological polar surface area (TPSA) is 78.4 Å². The van der Waals surface area contributed by atoms with E-state index in [4.69, 9.17) is 0 Å². The van der Waals surface area contributed by atoms with Gasteiger partial charge in [0.1, 0.15) is 5.01 Å². The van der Waals surface area contributed by atoms with Crippen LogP contribution in [0.2, 0.25) is 0 Å². The van der Waals surface area contributed by atoms with Gasteiger partial charge in [0.25, 0.3) is 0 Å².